The fraction of sp³-hybridized carbons (Fsp3) is 0.176. The lowest BCUT2D eigenvalue weighted by Gasteiger charge is -2.07. The summed E-state index contributed by atoms with van der Waals surface area (Å²) in [5.74, 6) is 7.66. The van der Waals surface area contributed by atoms with E-state index in [0.29, 0.717) is 12.4 Å². The molecule has 0 spiro atoms. The Morgan fingerprint density at radius 3 is 2.67 bits per heavy atom. The largest absolute Gasteiger partial charge is 0.489 e. The number of benzene rings is 2. The first-order valence-corrected chi connectivity index (χ1v) is 6.56. The Morgan fingerprint density at radius 1 is 1.05 bits per heavy atom. The summed E-state index contributed by atoms with van der Waals surface area (Å²) in [4.78, 5) is 0. The van der Waals surface area contributed by atoms with Gasteiger partial charge in [0.05, 0.1) is 0 Å². The Bertz CT molecular complexity index is 680. The van der Waals surface area contributed by atoms with Gasteiger partial charge in [-0.1, -0.05) is 24.0 Å². The second-order valence-electron chi connectivity index (χ2n) is 4.46. The molecule has 0 radical (unpaired) electrons. The molecule has 0 aromatic heterocycles. The van der Waals surface area contributed by atoms with Gasteiger partial charge in [-0.2, -0.15) is 0 Å². The van der Waals surface area contributed by atoms with E-state index < -0.39 is 0 Å². The van der Waals surface area contributed by atoms with Crippen LogP contribution in [0.3, 0.4) is 0 Å². The number of aliphatic hydroxyl groups is 1. The molecule has 0 amide bonds. The normalized spacial score (nSPS) is 11.7. The zero-order chi connectivity index (χ0) is 14.5. The van der Waals surface area contributed by atoms with Crippen LogP contribution in [0.5, 0.6) is 17.2 Å². The molecule has 3 rings (SSSR count). The Morgan fingerprint density at radius 2 is 1.86 bits per heavy atom. The van der Waals surface area contributed by atoms with Crippen molar-refractivity contribution in [3.8, 4) is 29.1 Å². The van der Waals surface area contributed by atoms with Crippen molar-refractivity contribution in [2.24, 2.45) is 0 Å². The minimum Gasteiger partial charge on any atom is -0.489 e. The van der Waals surface area contributed by atoms with Crippen molar-refractivity contribution in [1.29, 1.82) is 0 Å². The van der Waals surface area contributed by atoms with E-state index in [-0.39, 0.29) is 13.4 Å². The first-order chi connectivity index (χ1) is 10.3. The van der Waals surface area contributed by atoms with Gasteiger partial charge in [0.2, 0.25) is 6.79 Å². The Kier molecular flexibility index (Phi) is 3.95. The molecule has 0 saturated heterocycles. The maximum atomic E-state index is 8.65. The van der Waals surface area contributed by atoms with E-state index in [0.717, 1.165) is 22.6 Å². The molecule has 0 aliphatic carbocycles. The predicted octanol–water partition coefficient (Wildman–Crippen LogP) is 2.34. The second kappa shape index (κ2) is 6.21. The highest BCUT2D eigenvalue weighted by Crippen LogP contribution is 2.35. The van der Waals surface area contributed by atoms with E-state index in [9.17, 15) is 0 Å². The number of fused-ring (bicyclic) bond motifs is 1. The van der Waals surface area contributed by atoms with Gasteiger partial charge in [0.1, 0.15) is 19.0 Å². The fourth-order valence-corrected chi connectivity index (χ4v) is 1.96. The zero-order valence-electron chi connectivity index (χ0n) is 11.3. The molecule has 4 nitrogen and oxygen atoms in total. The summed E-state index contributed by atoms with van der Waals surface area (Å²) < 4.78 is 16.3. The van der Waals surface area contributed by atoms with Gasteiger partial charge in [-0.3, -0.25) is 0 Å². The zero-order valence-corrected chi connectivity index (χ0v) is 11.3. The van der Waals surface area contributed by atoms with Gasteiger partial charge >= 0.3 is 0 Å². The third-order valence-corrected chi connectivity index (χ3v) is 3.02. The number of aliphatic hydroxyl groups excluding tert-OH is 1. The SMILES string of the molecule is OCC#Cc1ccc(COc2ccc3c(c2)OCO3)cc1. The third-order valence-electron chi connectivity index (χ3n) is 3.02. The van der Waals surface area contributed by atoms with Crippen molar-refractivity contribution in [1.82, 2.24) is 0 Å². The summed E-state index contributed by atoms with van der Waals surface area (Å²) in [6.45, 7) is 0.595. The number of hydrogen-bond donors (Lipinski definition) is 1. The molecule has 0 atom stereocenters. The smallest absolute Gasteiger partial charge is 0.231 e. The molecule has 0 saturated carbocycles. The summed E-state index contributed by atoms with van der Waals surface area (Å²) in [7, 11) is 0. The molecular weight excluding hydrogens is 268 g/mol. The van der Waals surface area contributed by atoms with Crippen LogP contribution >= 0.6 is 0 Å². The monoisotopic (exact) mass is 282 g/mol. The highest BCUT2D eigenvalue weighted by molar-refractivity contribution is 5.47. The summed E-state index contributed by atoms with van der Waals surface area (Å²) in [5.41, 5.74) is 1.91. The van der Waals surface area contributed by atoms with Gasteiger partial charge in [-0.05, 0) is 29.8 Å². The number of rotatable bonds is 3. The Labute approximate surface area is 122 Å². The average Bonchev–Trinajstić information content (AvgIpc) is 2.99. The molecule has 1 aliphatic rings. The van der Waals surface area contributed by atoms with E-state index in [1.807, 2.05) is 42.5 Å². The van der Waals surface area contributed by atoms with Crippen LogP contribution in [0.2, 0.25) is 0 Å². The number of hydrogen-bond acceptors (Lipinski definition) is 4. The van der Waals surface area contributed by atoms with Crippen LogP contribution in [0, 0.1) is 11.8 Å². The van der Waals surface area contributed by atoms with Gasteiger partial charge in [0.15, 0.2) is 11.5 Å². The molecular formula is C17H14O4. The highest BCUT2D eigenvalue weighted by Gasteiger charge is 2.13. The molecule has 1 heterocycles. The lowest BCUT2D eigenvalue weighted by atomic mass is 10.1. The molecule has 106 valence electrons. The Balaban J connectivity index is 1.62. The molecule has 2 aromatic rings. The summed E-state index contributed by atoms with van der Waals surface area (Å²) >= 11 is 0. The maximum Gasteiger partial charge on any atom is 0.231 e. The van der Waals surface area contributed by atoms with Crippen molar-refractivity contribution in [2.45, 2.75) is 6.61 Å². The second-order valence-corrected chi connectivity index (χ2v) is 4.46. The minimum absolute atomic E-state index is 0.130. The van der Waals surface area contributed by atoms with Crippen LogP contribution in [0.25, 0.3) is 0 Å². The standard InChI is InChI=1S/C17H14O4/c18-9-1-2-13-3-5-14(6-4-13)11-19-15-7-8-16-17(10-15)21-12-20-16/h3-8,10,18H,9,11-12H2. The molecule has 0 fully saturated rings. The van der Waals surface area contributed by atoms with Crippen molar-refractivity contribution in [3.63, 3.8) is 0 Å². The Hall–Kier alpha value is -2.64. The topological polar surface area (TPSA) is 47.9 Å². The van der Waals surface area contributed by atoms with Crippen LogP contribution in [0.15, 0.2) is 42.5 Å². The van der Waals surface area contributed by atoms with E-state index in [1.165, 1.54) is 0 Å². The molecule has 4 heteroatoms. The van der Waals surface area contributed by atoms with E-state index in [4.69, 9.17) is 19.3 Å². The molecule has 1 N–H and O–H groups in total. The molecule has 0 bridgehead atoms. The average molecular weight is 282 g/mol. The highest BCUT2D eigenvalue weighted by atomic mass is 16.7. The van der Waals surface area contributed by atoms with Crippen LogP contribution in [-0.2, 0) is 6.61 Å². The third kappa shape index (κ3) is 3.28. The van der Waals surface area contributed by atoms with Gasteiger partial charge in [0.25, 0.3) is 0 Å². The van der Waals surface area contributed by atoms with Crippen LogP contribution in [-0.4, -0.2) is 18.5 Å². The lowest BCUT2D eigenvalue weighted by molar-refractivity contribution is 0.173. The quantitative estimate of drug-likeness (QED) is 0.878. The predicted molar refractivity (Wildman–Crippen MR) is 77.3 cm³/mol. The summed E-state index contributed by atoms with van der Waals surface area (Å²) in [6.07, 6.45) is 0. The van der Waals surface area contributed by atoms with Crippen LogP contribution in [0.1, 0.15) is 11.1 Å². The van der Waals surface area contributed by atoms with Gasteiger partial charge in [-0.25, -0.2) is 0 Å². The van der Waals surface area contributed by atoms with Gasteiger partial charge in [0, 0.05) is 11.6 Å². The van der Waals surface area contributed by atoms with E-state index >= 15 is 0 Å². The van der Waals surface area contributed by atoms with Crippen molar-refractivity contribution >= 4 is 0 Å². The summed E-state index contributed by atoms with van der Waals surface area (Å²) in [5, 5.41) is 8.65. The van der Waals surface area contributed by atoms with E-state index in [2.05, 4.69) is 11.8 Å². The first kappa shape index (κ1) is 13.3. The molecule has 1 aliphatic heterocycles. The van der Waals surface area contributed by atoms with Crippen LogP contribution < -0.4 is 14.2 Å². The van der Waals surface area contributed by atoms with Crippen molar-refractivity contribution < 1.29 is 19.3 Å². The van der Waals surface area contributed by atoms with Gasteiger partial charge < -0.3 is 19.3 Å². The molecule has 0 unspecified atom stereocenters. The van der Waals surface area contributed by atoms with E-state index in [1.54, 1.807) is 0 Å². The molecule has 21 heavy (non-hydrogen) atoms. The summed E-state index contributed by atoms with van der Waals surface area (Å²) in [6, 6.07) is 13.2. The lowest BCUT2D eigenvalue weighted by Crippen LogP contribution is -1.95. The van der Waals surface area contributed by atoms with Gasteiger partial charge in [-0.15, -0.1) is 0 Å². The minimum atomic E-state index is -0.130. The first-order valence-electron chi connectivity index (χ1n) is 6.56. The number of ether oxygens (including phenoxy) is 3. The van der Waals surface area contributed by atoms with Crippen molar-refractivity contribution in [2.75, 3.05) is 13.4 Å². The van der Waals surface area contributed by atoms with Crippen LogP contribution in [0.4, 0.5) is 0 Å². The van der Waals surface area contributed by atoms with Crippen molar-refractivity contribution in [3.05, 3.63) is 53.6 Å². The molecule has 2 aromatic carbocycles. The fourth-order valence-electron chi connectivity index (χ4n) is 1.96. The maximum absolute atomic E-state index is 8.65.